The van der Waals surface area contributed by atoms with Crippen LogP contribution < -0.4 is 14.8 Å². The molecular weight excluding hydrogens is 250 g/mol. The van der Waals surface area contributed by atoms with Gasteiger partial charge < -0.3 is 14.8 Å². The fourth-order valence-corrected chi connectivity index (χ4v) is 2.12. The van der Waals surface area contributed by atoms with Gasteiger partial charge in [-0.05, 0) is 30.7 Å². The van der Waals surface area contributed by atoms with Crippen LogP contribution in [0.5, 0.6) is 11.5 Å². The van der Waals surface area contributed by atoms with E-state index in [-0.39, 0.29) is 6.04 Å². The lowest BCUT2D eigenvalue weighted by molar-refractivity contribution is 0.406. The van der Waals surface area contributed by atoms with Gasteiger partial charge in [-0.2, -0.15) is 0 Å². The van der Waals surface area contributed by atoms with Crippen molar-refractivity contribution in [3.05, 3.63) is 59.7 Å². The van der Waals surface area contributed by atoms with Gasteiger partial charge in [0.15, 0.2) is 0 Å². The quantitative estimate of drug-likeness (QED) is 0.871. The van der Waals surface area contributed by atoms with Gasteiger partial charge in [0.2, 0.25) is 0 Å². The summed E-state index contributed by atoms with van der Waals surface area (Å²) >= 11 is 0. The fourth-order valence-electron chi connectivity index (χ4n) is 2.12. The van der Waals surface area contributed by atoms with E-state index in [2.05, 4.69) is 30.4 Å². The van der Waals surface area contributed by atoms with E-state index in [1.54, 1.807) is 14.2 Å². The third-order valence-electron chi connectivity index (χ3n) is 3.41. The van der Waals surface area contributed by atoms with Crippen LogP contribution in [0.2, 0.25) is 0 Å². The van der Waals surface area contributed by atoms with Crippen LogP contribution in [0.1, 0.15) is 24.1 Å². The number of hydrogen-bond donors (Lipinski definition) is 1. The molecule has 0 fully saturated rings. The summed E-state index contributed by atoms with van der Waals surface area (Å²) in [7, 11) is 3.38. The van der Waals surface area contributed by atoms with Gasteiger partial charge in [-0.3, -0.25) is 0 Å². The zero-order chi connectivity index (χ0) is 14.4. The van der Waals surface area contributed by atoms with Crippen LogP contribution >= 0.6 is 0 Å². The average molecular weight is 271 g/mol. The van der Waals surface area contributed by atoms with E-state index in [4.69, 9.17) is 9.47 Å². The Kier molecular flexibility index (Phi) is 5.02. The Balaban J connectivity index is 1.98. The van der Waals surface area contributed by atoms with E-state index >= 15 is 0 Å². The highest BCUT2D eigenvalue weighted by molar-refractivity contribution is 5.33. The number of para-hydroxylation sites is 1. The Morgan fingerprint density at radius 2 is 1.65 bits per heavy atom. The van der Waals surface area contributed by atoms with Gasteiger partial charge in [-0.15, -0.1) is 0 Å². The molecule has 20 heavy (non-hydrogen) atoms. The molecule has 0 bridgehead atoms. The Bertz CT molecular complexity index is 537. The Hall–Kier alpha value is -2.00. The Morgan fingerprint density at radius 3 is 2.30 bits per heavy atom. The van der Waals surface area contributed by atoms with Crippen LogP contribution in [-0.2, 0) is 6.54 Å². The summed E-state index contributed by atoms with van der Waals surface area (Å²) in [6, 6.07) is 16.5. The SMILES string of the molecule is COc1ccc(C(C)NCc2ccccc2OC)cc1. The fraction of sp³-hybridized carbons (Fsp3) is 0.294. The average Bonchev–Trinajstić information content (AvgIpc) is 2.53. The molecule has 0 heterocycles. The highest BCUT2D eigenvalue weighted by Gasteiger charge is 2.07. The molecule has 0 aliphatic rings. The number of methoxy groups -OCH3 is 2. The number of hydrogen-bond acceptors (Lipinski definition) is 3. The molecule has 3 heteroatoms. The maximum Gasteiger partial charge on any atom is 0.123 e. The molecule has 0 amide bonds. The van der Waals surface area contributed by atoms with Crippen molar-refractivity contribution < 1.29 is 9.47 Å². The van der Waals surface area contributed by atoms with Crippen molar-refractivity contribution in [3.8, 4) is 11.5 Å². The molecular formula is C17H21NO2. The largest absolute Gasteiger partial charge is 0.497 e. The molecule has 0 aliphatic heterocycles. The molecule has 0 saturated carbocycles. The van der Waals surface area contributed by atoms with E-state index < -0.39 is 0 Å². The molecule has 0 aromatic heterocycles. The Labute approximate surface area is 120 Å². The summed E-state index contributed by atoms with van der Waals surface area (Å²) in [5.41, 5.74) is 2.40. The summed E-state index contributed by atoms with van der Waals surface area (Å²) in [6.07, 6.45) is 0. The summed E-state index contributed by atoms with van der Waals surface area (Å²) in [4.78, 5) is 0. The van der Waals surface area contributed by atoms with Crippen LogP contribution in [0.25, 0.3) is 0 Å². The minimum atomic E-state index is 0.269. The van der Waals surface area contributed by atoms with Crippen LogP contribution in [0, 0.1) is 0 Å². The van der Waals surface area contributed by atoms with Crippen molar-refractivity contribution in [2.75, 3.05) is 14.2 Å². The summed E-state index contributed by atoms with van der Waals surface area (Å²) in [6.45, 7) is 2.93. The monoisotopic (exact) mass is 271 g/mol. The van der Waals surface area contributed by atoms with Gasteiger partial charge in [0, 0.05) is 18.2 Å². The second-order valence-electron chi connectivity index (χ2n) is 4.69. The summed E-state index contributed by atoms with van der Waals surface area (Å²) < 4.78 is 10.5. The van der Waals surface area contributed by atoms with E-state index in [0.717, 1.165) is 23.6 Å². The van der Waals surface area contributed by atoms with Crippen LogP contribution in [0.15, 0.2) is 48.5 Å². The molecule has 106 valence electrons. The van der Waals surface area contributed by atoms with Crippen molar-refractivity contribution in [1.82, 2.24) is 5.32 Å². The van der Waals surface area contributed by atoms with E-state index in [1.807, 2.05) is 30.3 Å². The van der Waals surface area contributed by atoms with Crippen LogP contribution in [0.3, 0.4) is 0 Å². The molecule has 2 aromatic carbocycles. The predicted octanol–water partition coefficient (Wildman–Crippen LogP) is 3.55. The van der Waals surface area contributed by atoms with Gasteiger partial charge in [0.05, 0.1) is 14.2 Å². The van der Waals surface area contributed by atoms with Gasteiger partial charge in [0.1, 0.15) is 11.5 Å². The van der Waals surface area contributed by atoms with Crippen LogP contribution in [-0.4, -0.2) is 14.2 Å². The molecule has 1 N–H and O–H groups in total. The highest BCUT2D eigenvalue weighted by Crippen LogP contribution is 2.20. The third-order valence-corrected chi connectivity index (χ3v) is 3.41. The smallest absolute Gasteiger partial charge is 0.123 e. The number of ether oxygens (including phenoxy) is 2. The first-order valence-electron chi connectivity index (χ1n) is 6.74. The number of nitrogens with one attached hydrogen (secondary N) is 1. The van der Waals surface area contributed by atoms with E-state index in [1.165, 1.54) is 5.56 Å². The minimum Gasteiger partial charge on any atom is -0.497 e. The van der Waals surface area contributed by atoms with Gasteiger partial charge in [-0.1, -0.05) is 30.3 Å². The lowest BCUT2D eigenvalue weighted by atomic mass is 10.1. The first-order chi connectivity index (χ1) is 9.74. The van der Waals surface area contributed by atoms with Crippen molar-refractivity contribution in [1.29, 1.82) is 0 Å². The molecule has 0 aliphatic carbocycles. The van der Waals surface area contributed by atoms with Crippen molar-refractivity contribution in [3.63, 3.8) is 0 Å². The highest BCUT2D eigenvalue weighted by atomic mass is 16.5. The predicted molar refractivity (Wildman–Crippen MR) is 81.2 cm³/mol. The first-order valence-corrected chi connectivity index (χ1v) is 6.74. The van der Waals surface area contributed by atoms with Gasteiger partial charge >= 0.3 is 0 Å². The van der Waals surface area contributed by atoms with Crippen molar-refractivity contribution in [2.24, 2.45) is 0 Å². The Morgan fingerprint density at radius 1 is 0.950 bits per heavy atom. The first kappa shape index (κ1) is 14.4. The molecule has 1 unspecified atom stereocenters. The van der Waals surface area contributed by atoms with E-state index in [9.17, 15) is 0 Å². The maximum atomic E-state index is 5.36. The van der Waals surface area contributed by atoms with Crippen LogP contribution in [0.4, 0.5) is 0 Å². The number of rotatable bonds is 6. The summed E-state index contributed by atoms with van der Waals surface area (Å²) in [5.74, 6) is 1.80. The van der Waals surface area contributed by atoms with Crippen molar-refractivity contribution in [2.45, 2.75) is 19.5 Å². The van der Waals surface area contributed by atoms with Crippen molar-refractivity contribution >= 4 is 0 Å². The second kappa shape index (κ2) is 6.96. The molecule has 2 rings (SSSR count). The van der Waals surface area contributed by atoms with Gasteiger partial charge in [0.25, 0.3) is 0 Å². The second-order valence-corrected chi connectivity index (χ2v) is 4.69. The lowest BCUT2D eigenvalue weighted by Gasteiger charge is -2.16. The minimum absolute atomic E-state index is 0.269. The molecule has 1 atom stereocenters. The normalized spacial score (nSPS) is 11.9. The maximum absolute atomic E-state index is 5.36. The molecule has 0 spiro atoms. The lowest BCUT2D eigenvalue weighted by Crippen LogP contribution is -2.18. The zero-order valence-electron chi connectivity index (χ0n) is 12.2. The van der Waals surface area contributed by atoms with E-state index in [0.29, 0.717) is 0 Å². The standard InChI is InChI=1S/C17H21NO2/c1-13(14-8-10-16(19-2)11-9-14)18-12-15-6-4-5-7-17(15)20-3/h4-11,13,18H,12H2,1-3H3. The molecule has 3 nitrogen and oxygen atoms in total. The molecule has 2 aromatic rings. The summed E-state index contributed by atoms with van der Waals surface area (Å²) in [5, 5.41) is 3.51. The third kappa shape index (κ3) is 3.52. The van der Waals surface area contributed by atoms with Gasteiger partial charge in [-0.25, -0.2) is 0 Å². The topological polar surface area (TPSA) is 30.5 Å². The molecule has 0 radical (unpaired) electrons. The number of benzene rings is 2. The molecule has 0 saturated heterocycles. The zero-order valence-corrected chi connectivity index (χ0v) is 12.2.